The number of halogens is 4. The van der Waals surface area contributed by atoms with E-state index >= 15 is 0 Å². The Hall–Kier alpha value is -4.28. The largest absolute Gasteiger partial charge is 2.00 e. The van der Waals surface area contributed by atoms with E-state index in [1.54, 1.807) is 0 Å². The number of allylic oxidation sites excluding steroid dienone is 4. The number of rotatable bonds is 8. The van der Waals surface area contributed by atoms with Gasteiger partial charge in [0.2, 0.25) is 0 Å². The first-order valence-electron chi connectivity index (χ1n) is 25.7. The average Bonchev–Trinajstić information content (AvgIpc) is 4.08. The molecule has 5 heterocycles. The smallest absolute Gasteiger partial charge is 1.00 e. The fourth-order valence-corrected chi connectivity index (χ4v) is 14.5. The minimum absolute atomic E-state index is 0. The summed E-state index contributed by atoms with van der Waals surface area (Å²) < 4.78 is 8.72. The normalized spacial score (nSPS) is 17.8. The summed E-state index contributed by atoms with van der Waals surface area (Å²) in [5.41, 5.74) is 7.30. The van der Waals surface area contributed by atoms with Crippen molar-refractivity contribution in [1.82, 2.24) is 40.2 Å². The fraction of sp³-hybridized carbons (Fsp3) is 0.429. The van der Waals surface area contributed by atoms with Crippen LogP contribution in [0, 0.1) is 11.8 Å². The molecule has 9 rings (SSSR count). The second-order valence-corrected chi connectivity index (χ2v) is 25.2. The first-order chi connectivity index (χ1) is 36.2. The van der Waals surface area contributed by atoms with Crippen LogP contribution in [0.3, 0.4) is 0 Å². The van der Waals surface area contributed by atoms with Crippen LogP contribution in [0.15, 0.2) is 107 Å². The van der Waals surface area contributed by atoms with Gasteiger partial charge in [-0.05, 0) is 114 Å². The zero-order valence-electron chi connectivity index (χ0n) is 49.0. The summed E-state index contributed by atoms with van der Waals surface area (Å²) in [6.07, 6.45) is 13.6. The van der Waals surface area contributed by atoms with Crippen LogP contribution in [0.2, 0.25) is 0 Å². The van der Waals surface area contributed by atoms with Gasteiger partial charge in [-0.1, -0.05) is 60.7 Å². The van der Waals surface area contributed by atoms with E-state index in [9.17, 15) is 0 Å². The molecule has 8 bridgehead atoms. The molecule has 0 saturated heterocycles. The Labute approximate surface area is 532 Å². The molecular weight excluding hydrogens is 1230 g/mol. The molecule has 2 aromatic heterocycles. The van der Waals surface area contributed by atoms with Gasteiger partial charge >= 0.3 is 37.7 Å². The van der Waals surface area contributed by atoms with Crippen LogP contribution in [-0.4, -0.2) is 195 Å². The zero-order chi connectivity index (χ0) is 54.3. The minimum Gasteiger partial charge on any atom is -1.00 e. The molecule has 1 radical (unpaired) electrons. The molecule has 5 aliphatic rings. The number of amidine groups is 4. The van der Waals surface area contributed by atoms with Crippen LogP contribution in [-0.2, 0) is 28.6 Å². The van der Waals surface area contributed by atoms with Crippen LogP contribution in [0.1, 0.15) is 11.1 Å². The topological polar surface area (TPSA) is 125 Å². The van der Waals surface area contributed by atoms with E-state index in [1.165, 1.54) is 48.5 Å². The quantitative estimate of drug-likeness (QED) is 0.0435. The molecule has 0 fully saturated rings. The maximum Gasteiger partial charge on any atom is 2.00 e. The van der Waals surface area contributed by atoms with Crippen molar-refractivity contribution in [2.24, 2.45) is 11.8 Å². The molecule has 3 aliphatic heterocycles. The molecule has 2 aromatic carbocycles. The van der Waals surface area contributed by atoms with Crippen molar-refractivity contribution < 1.29 is 85.0 Å². The van der Waals surface area contributed by atoms with Crippen molar-refractivity contribution in [1.29, 1.82) is 0 Å². The molecule has 25 heteroatoms. The van der Waals surface area contributed by atoms with Crippen LogP contribution in [0.4, 0.5) is 23.3 Å². The van der Waals surface area contributed by atoms with E-state index < -0.39 is 0 Å². The van der Waals surface area contributed by atoms with Gasteiger partial charge in [0, 0.05) is 58.1 Å². The van der Waals surface area contributed by atoms with Crippen LogP contribution in [0.5, 0.6) is 0 Å². The van der Waals surface area contributed by atoms with Crippen LogP contribution in [0.25, 0.3) is 21.5 Å². The predicted molar refractivity (Wildman–Crippen MR) is 329 cm³/mol. The standard InChI is InChI=1S/C56H78N16S4.4ClH.Cu/c1-65(2)53(66(3)4)73-29-33-17-21-37-41(25-33)49-57-45(37)62-50-43-27-35(31-75-55(69(9)10)70(11)12)19-23-39(43)47(59-50)64-52-44-28-36(32-76-56(71(13)14)72(15)16)20-24-40(44)48(60-52)63-51-42-26-34(18-22-38(42)46(58-51)61-49)30-74-54(67(5)6)68(7)8;;;;;/h17-28,37,44-45,52,57,60-64H,29-32H2,1-16H3;4*1H;/q+2;;;;;+2/p-4. The van der Waals surface area contributed by atoms with E-state index in [0.29, 0.717) is 0 Å². The molecule has 81 heavy (non-hydrogen) atoms. The number of fused-ring (bicyclic) bond motifs is 18. The molecule has 0 saturated carbocycles. The van der Waals surface area contributed by atoms with Crippen molar-refractivity contribution >= 4 is 113 Å². The van der Waals surface area contributed by atoms with Crippen molar-refractivity contribution in [3.8, 4) is 0 Å². The number of hydrogen-bond donors (Lipinski definition) is 6. The number of hydrogen-bond acceptors (Lipinski definition) is 10. The van der Waals surface area contributed by atoms with E-state index in [4.69, 9.17) is 9.97 Å². The Morgan fingerprint density at radius 1 is 0.457 bits per heavy atom. The summed E-state index contributed by atoms with van der Waals surface area (Å²) in [5, 5.41) is 32.7. The summed E-state index contributed by atoms with van der Waals surface area (Å²) in [4.78, 5) is 19.7. The first-order valence-corrected chi connectivity index (χ1v) is 29.6. The number of benzene rings is 2. The summed E-state index contributed by atoms with van der Waals surface area (Å²) >= 11 is 7.35. The molecule has 16 nitrogen and oxygen atoms in total. The Bertz CT molecular complexity index is 3260. The van der Waals surface area contributed by atoms with Gasteiger partial charge in [0.1, 0.15) is 0 Å². The molecule has 0 amide bonds. The van der Waals surface area contributed by atoms with Gasteiger partial charge in [0.05, 0.1) is 137 Å². The number of aromatic nitrogens is 2. The molecule has 4 aromatic rings. The van der Waals surface area contributed by atoms with E-state index in [-0.39, 0.29) is 90.9 Å². The van der Waals surface area contributed by atoms with Gasteiger partial charge in [-0.15, -0.1) is 0 Å². The van der Waals surface area contributed by atoms with Crippen LogP contribution < -0.4 is 91.5 Å². The van der Waals surface area contributed by atoms with Gasteiger partial charge in [-0.3, -0.25) is 37.9 Å². The number of thioether (sulfide) groups is 4. The summed E-state index contributed by atoms with van der Waals surface area (Å²) in [5.74, 6) is 8.35. The maximum absolute atomic E-state index is 5.51. The van der Waals surface area contributed by atoms with Crippen molar-refractivity contribution in [2.45, 2.75) is 23.8 Å². The van der Waals surface area contributed by atoms with Gasteiger partial charge in [-0.25, -0.2) is 0 Å². The summed E-state index contributed by atoms with van der Waals surface area (Å²) in [7, 11) is 33.7. The Morgan fingerprint density at radius 2 is 0.852 bits per heavy atom. The summed E-state index contributed by atoms with van der Waals surface area (Å²) in [6.45, 7) is 0. The Balaban J connectivity index is 0.00000282. The molecule has 2 aliphatic carbocycles. The van der Waals surface area contributed by atoms with Gasteiger partial charge in [0.15, 0.2) is 0 Å². The number of nitrogens with zero attached hydrogens (tertiary/aromatic N) is 10. The van der Waals surface area contributed by atoms with Gasteiger partial charge in [0.25, 0.3) is 0 Å². The monoisotopic (exact) mass is 1310 g/mol. The van der Waals surface area contributed by atoms with Crippen molar-refractivity contribution in [3.05, 3.63) is 118 Å². The zero-order valence-corrected chi connectivity index (χ0v) is 56.2. The fourth-order valence-electron chi connectivity index (χ4n) is 10.5. The van der Waals surface area contributed by atoms with E-state index in [0.717, 1.165) is 85.0 Å². The van der Waals surface area contributed by atoms with E-state index in [1.807, 2.05) is 47.0 Å². The molecule has 445 valence electrons. The third-order valence-electron chi connectivity index (χ3n) is 13.6. The SMILES string of the molecule is CN(C)C(SCC1=CC2=C3Nc4[n-]c(c5cc(CSC(N(C)C)=[N+](C)C)ccc45)NC4=C5C=CC(CSC(N(C)C)=[N+](C)C)=CC5C(N4)Nc4[n-]c(c5cc(CSC(N(C)C)=[N+](C)C)ccc45)NC(N3)C2C=C1)=[N+](C)C.[Cl-].[Cl-].[Cl-].[Cl-].[Cu+2]. The second-order valence-electron chi connectivity index (χ2n) is 21.5. The number of anilines is 4. The van der Waals surface area contributed by atoms with Crippen molar-refractivity contribution in [3.63, 3.8) is 0 Å². The molecule has 0 spiro atoms. The third-order valence-corrected chi connectivity index (χ3v) is 19.4. The first kappa shape index (κ1) is 69.2. The minimum atomic E-state index is -0.221. The summed E-state index contributed by atoms with van der Waals surface area (Å²) in [6, 6.07) is 13.6. The molecule has 4 atom stereocenters. The average molecular weight is 1310 g/mol. The second kappa shape index (κ2) is 29.5. The molecule has 4 unspecified atom stereocenters. The maximum atomic E-state index is 5.51. The van der Waals surface area contributed by atoms with Gasteiger partial charge in [-0.2, -0.15) is 0 Å². The molecular formula is C56H78Cl4CuN16S4. The van der Waals surface area contributed by atoms with Crippen molar-refractivity contribution in [2.75, 3.05) is 146 Å². The Kier molecular flexibility index (Phi) is 25.2. The Morgan fingerprint density at radius 3 is 1.33 bits per heavy atom. The molecule has 6 N–H and O–H groups in total. The number of nitrogens with one attached hydrogen (secondary N) is 6. The predicted octanol–water partition coefficient (Wildman–Crippen LogP) is -5.52. The van der Waals surface area contributed by atoms with E-state index in [2.05, 4.69) is 255 Å². The van der Waals surface area contributed by atoms with Crippen LogP contribution >= 0.6 is 47.0 Å². The third kappa shape index (κ3) is 15.4. The van der Waals surface area contributed by atoms with Gasteiger partial charge < -0.3 is 91.5 Å².